The van der Waals surface area contributed by atoms with E-state index < -0.39 is 0 Å². The van der Waals surface area contributed by atoms with Crippen molar-refractivity contribution in [2.24, 2.45) is 5.92 Å². The van der Waals surface area contributed by atoms with Gasteiger partial charge >= 0.3 is 0 Å². The lowest BCUT2D eigenvalue weighted by Gasteiger charge is -2.39. The van der Waals surface area contributed by atoms with Crippen LogP contribution in [0.25, 0.3) is 0 Å². The number of piperidine rings is 2. The topological polar surface area (TPSA) is 32.3 Å². The molecule has 3 nitrogen and oxygen atoms in total. The molecule has 2 rings (SSSR count). The van der Waals surface area contributed by atoms with Crippen molar-refractivity contribution in [1.82, 2.24) is 10.2 Å². The number of likely N-dealkylation sites (tertiary alicyclic amines) is 1. The van der Waals surface area contributed by atoms with Crippen LogP contribution in [0.1, 0.15) is 12.8 Å². The van der Waals surface area contributed by atoms with E-state index in [0.717, 1.165) is 32.5 Å². The van der Waals surface area contributed by atoms with E-state index in [9.17, 15) is 4.79 Å². The van der Waals surface area contributed by atoms with Gasteiger partial charge in [-0.2, -0.15) is 0 Å². The van der Waals surface area contributed by atoms with Crippen molar-refractivity contribution < 1.29 is 4.79 Å². The lowest BCUT2D eigenvalue weighted by Crippen LogP contribution is -2.54. The van der Waals surface area contributed by atoms with Crippen molar-refractivity contribution in [2.75, 3.05) is 26.7 Å². The van der Waals surface area contributed by atoms with E-state index in [-0.39, 0.29) is 5.92 Å². The Balaban J connectivity index is 2.05. The largest absolute Gasteiger partial charge is 0.313 e. The molecule has 0 radical (unpaired) electrons. The Morgan fingerprint density at radius 1 is 1.58 bits per heavy atom. The molecule has 2 atom stereocenters. The summed E-state index contributed by atoms with van der Waals surface area (Å²) >= 11 is 0. The second kappa shape index (κ2) is 3.15. The van der Waals surface area contributed by atoms with Gasteiger partial charge in [0.05, 0.1) is 0 Å². The minimum absolute atomic E-state index is 0.275. The normalized spacial score (nSPS) is 37.9. The maximum atomic E-state index is 11.5. The Kier molecular flexibility index (Phi) is 2.15. The van der Waals surface area contributed by atoms with Crippen LogP contribution < -0.4 is 5.32 Å². The smallest absolute Gasteiger partial charge is 0.140 e. The first kappa shape index (κ1) is 8.20. The van der Waals surface area contributed by atoms with Crippen LogP contribution in [0.15, 0.2) is 0 Å². The molecule has 68 valence electrons. The van der Waals surface area contributed by atoms with E-state index in [4.69, 9.17) is 0 Å². The highest BCUT2D eigenvalue weighted by molar-refractivity contribution is 5.83. The van der Waals surface area contributed by atoms with Crippen LogP contribution in [0.5, 0.6) is 0 Å². The second-order valence-electron chi connectivity index (χ2n) is 3.93. The Bertz CT molecular complexity index is 193. The van der Waals surface area contributed by atoms with E-state index in [2.05, 4.69) is 17.3 Å². The Labute approximate surface area is 73.1 Å². The van der Waals surface area contributed by atoms with Gasteiger partial charge in [-0.1, -0.05) is 0 Å². The highest BCUT2D eigenvalue weighted by Gasteiger charge is 2.34. The van der Waals surface area contributed by atoms with E-state index in [1.54, 1.807) is 0 Å². The summed E-state index contributed by atoms with van der Waals surface area (Å²) in [6.45, 7) is 2.97. The van der Waals surface area contributed by atoms with E-state index >= 15 is 0 Å². The zero-order chi connectivity index (χ0) is 8.55. The molecule has 3 heteroatoms. The van der Waals surface area contributed by atoms with Gasteiger partial charge in [0.2, 0.25) is 0 Å². The van der Waals surface area contributed by atoms with E-state index in [1.165, 1.54) is 0 Å². The molecular weight excluding hydrogens is 152 g/mol. The van der Waals surface area contributed by atoms with Crippen molar-refractivity contribution in [1.29, 1.82) is 0 Å². The summed E-state index contributed by atoms with van der Waals surface area (Å²) in [6.07, 6.45) is 1.86. The van der Waals surface area contributed by atoms with Crippen molar-refractivity contribution in [2.45, 2.75) is 18.9 Å². The zero-order valence-electron chi connectivity index (χ0n) is 7.55. The minimum Gasteiger partial charge on any atom is -0.313 e. The van der Waals surface area contributed by atoms with Crippen LogP contribution in [-0.4, -0.2) is 43.4 Å². The number of ketones is 1. The minimum atomic E-state index is 0.275. The van der Waals surface area contributed by atoms with Crippen LogP contribution in [0.2, 0.25) is 0 Å². The van der Waals surface area contributed by atoms with Gasteiger partial charge in [0.15, 0.2) is 0 Å². The highest BCUT2D eigenvalue weighted by Crippen LogP contribution is 2.21. The third kappa shape index (κ3) is 1.39. The SMILES string of the molecule is CN1CCC2NCCC(=O)C2C1. The molecule has 12 heavy (non-hydrogen) atoms. The number of Topliss-reactive ketones (excluding diaryl/α,β-unsaturated/α-hetero) is 1. The monoisotopic (exact) mass is 168 g/mol. The lowest BCUT2D eigenvalue weighted by molar-refractivity contribution is -0.127. The first-order valence-corrected chi connectivity index (χ1v) is 4.72. The molecule has 2 fully saturated rings. The van der Waals surface area contributed by atoms with Crippen molar-refractivity contribution in [3.05, 3.63) is 0 Å². The van der Waals surface area contributed by atoms with E-state index in [1.807, 2.05) is 0 Å². The first-order chi connectivity index (χ1) is 5.77. The standard InChI is InChI=1S/C9H16N2O/c1-11-5-3-8-7(6-11)9(12)2-4-10-8/h7-8,10H,2-6H2,1H3. The Morgan fingerprint density at radius 2 is 2.42 bits per heavy atom. The average molecular weight is 168 g/mol. The quantitative estimate of drug-likeness (QED) is 0.547. The van der Waals surface area contributed by atoms with Crippen LogP contribution in [0.4, 0.5) is 0 Å². The molecule has 0 spiro atoms. The first-order valence-electron chi connectivity index (χ1n) is 4.72. The van der Waals surface area contributed by atoms with Gasteiger partial charge in [0.25, 0.3) is 0 Å². The maximum absolute atomic E-state index is 11.5. The fraction of sp³-hybridized carbons (Fsp3) is 0.889. The molecule has 0 bridgehead atoms. The summed E-state index contributed by atoms with van der Waals surface area (Å²) < 4.78 is 0. The molecule has 0 aliphatic carbocycles. The Hall–Kier alpha value is -0.410. The predicted molar refractivity (Wildman–Crippen MR) is 47.0 cm³/mol. The van der Waals surface area contributed by atoms with Crippen LogP contribution in [0.3, 0.4) is 0 Å². The summed E-state index contributed by atoms with van der Waals surface area (Å²) in [5, 5.41) is 3.42. The van der Waals surface area contributed by atoms with Crippen LogP contribution in [0, 0.1) is 5.92 Å². The number of carbonyl (C=O) groups excluding carboxylic acids is 1. The number of nitrogens with zero attached hydrogens (tertiary/aromatic N) is 1. The second-order valence-corrected chi connectivity index (χ2v) is 3.93. The third-order valence-corrected chi connectivity index (χ3v) is 3.01. The molecule has 2 aliphatic heterocycles. The molecule has 2 saturated heterocycles. The summed E-state index contributed by atoms with van der Waals surface area (Å²) in [7, 11) is 2.10. The van der Waals surface area contributed by atoms with E-state index in [0.29, 0.717) is 11.8 Å². The fourth-order valence-corrected chi connectivity index (χ4v) is 2.25. The predicted octanol–water partition coefficient (Wildman–Crippen LogP) is -0.131. The maximum Gasteiger partial charge on any atom is 0.140 e. The van der Waals surface area contributed by atoms with Crippen LogP contribution in [-0.2, 0) is 4.79 Å². The molecule has 0 aromatic rings. The van der Waals surface area contributed by atoms with Crippen molar-refractivity contribution in [3.8, 4) is 0 Å². The summed E-state index contributed by atoms with van der Waals surface area (Å²) in [5.74, 6) is 0.739. The van der Waals surface area contributed by atoms with Crippen molar-refractivity contribution >= 4 is 5.78 Å². The lowest BCUT2D eigenvalue weighted by atomic mass is 9.85. The summed E-state index contributed by atoms with van der Waals surface area (Å²) in [6, 6.07) is 0.474. The fourth-order valence-electron chi connectivity index (χ4n) is 2.25. The molecule has 0 amide bonds. The molecule has 0 saturated carbocycles. The molecule has 1 N–H and O–H groups in total. The molecule has 2 aliphatic rings. The molecular formula is C9H16N2O. The highest BCUT2D eigenvalue weighted by atomic mass is 16.1. The van der Waals surface area contributed by atoms with Crippen molar-refractivity contribution in [3.63, 3.8) is 0 Å². The summed E-state index contributed by atoms with van der Waals surface area (Å²) in [5.41, 5.74) is 0. The number of hydrogen-bond acceptors (Lipinski definition) is 3. The van der Waals surface area contributed by atoms with Gasteiger partial charge in [-0.05, 0) is 20.0 Å². The number of fused-ring (bicyclic) bond motifs is 1. The van der Waals surface area contributed by atoms with Crippen LogP contribution >= 0.6 is 0 Å². The molecule has 0 aromatic carbocycles. The van der Waals surface area contributed by atoms with Gasteiger partial charge in [-0.25, -0.2) is 0 Å². The number of carbonyl (C=O) groups is 1. The third-order valence-electron chi connectivity index (χ3n) is 3.01. The molecule has 2 heterocycles. The number of hydrogen-bond donors (Lipinski definition) is 1. The number of rotatable bonds is 0. The zero-order valence-corrected chi connectivity index (χ0v) is 7.55. The van der Waals surface area contributed by atoms with Gasteiger partial charge in [-0.3, -0.25) is 4.79 Å². The van der Waals surface area contributed by atoms with Gasteiger partial charge < -0.3 is 10.2 Å². The van der Waals surface area contributed by atoms with Gasteiger partial charge in [0, 0.05) is 31.5 Å². The average Bonchev–Trinajstić information content (AvgIpc) is 2.07. The Morgan fingerprint density at radius 3 is 3.25 bits per heavy atom. The van der Waals surface area contributed by atoms with Gasteiger partial charge in [-0.15, -0.1) is 0 Å². The summed E-state index contributed by atoms with van der Waals surface area (Å²) in [4.78, 5) is 13.8. The van der Waals surface area contributed by atoms with Gasteiger partial charge in [0.1, 0.15) is 5.78 Å². The molecule has 2 unspecified atom stereocenters. The number of nitrogens with one attached hydrogen (secondary N) is 1. The molecule has 0 aromatic heterocycles.